The van der Waals surface area contributed by atoms with Crippen molar-refractivity contribution in [3.05, 3.63) is 35.9 Å². The molecule has 0 bridgehead atoms. The van der Waals surface area contributed by atoms with Gasteiger partial charge in [-0.2, -0.15) is 0 Å². The van der Waals surface area contributed by atoms with Gasteiger partial charge in [0.05, 0.1) is 0 Å². The molecular formula is C10H13N2O. The van der Waals surface area contributed by atoms with Gasteiger partial charge in [-0.25, -0.2) is 10.5 Å². The lowest BCUT2D eigenvalue weighted by molar-refractivity contribution is 0.206. The standard InChI is InChI=1S/C10H13N2O/c1-2-12(10(11)13)8-9-6-4-3-5-7-9/h3-7,11H,2,8H2,1H3. The lowest BCUT2D eigenvalue weighted by Crippen LogP contribution is -2.29. The summed E-state index contributed by atoms with van der Waals surface area (Å²) in [4.78, 5) is 12.3. The Labute approximate surface area is 78.2 Å². The van der Waals surface area contributed by atoms with Crippen LogP contribution in [0.3, 0.4) is 0 Å². The number of hydrogen-bond acceptors (Lipinski definition) is 1. The molecule has 0 aliphatic rings. The molecule has 69 valence electrons. The van der Waals surface area contributed by atoms with Crippen molar-refractivity contribution >= 4 is 6.03 Å². The first-order valence-corrected chi connectivity index (χ1v) is 4.28. The number of nitrogens with one attached hydrogen (secondary N) is 1. The molecule has 0 aliphatic carbocycles. The molecule has 0 heterocycles. The molecule has 0 fully saturated rings. The molecule has 1 N–H and O–H groups in total. The van der Waals surface area contributed by atoms with Gasteiger partial charge in [-0.15, -0.1) is 0 Å². The van der Waals surface area contributed by atoms with Crippen LogP contribution in [0, 0.1) is 0 Å². The predicted molar refractivity (Wildman–Crippen MR) is 51.0 cm³/mol. The van der Waals surface area contributed by atoms with Crippen molar-refractivity contribution in [2.45, 2.75) is 13.5 Å². The lowest BCUT2D eigenvalue weighted by atomic mass is 10.2. The van der Waals surface area contributed by atoms with Gasteiger partial charge >= 0.3 is 6.03 Å². The van der Waals surface area contributed by atoms with Crippen LogP contribution >= 0.6 is 0 Å². The van der Waals surface area contributed by atoms with Crippen LogP contribution in [0.2, 0.25) is 0 Å². The van der Waals surface area contributed by atoms with Gasteiger partial charge in [0.15, 0.2) is 0 Å². The van der Waals surface area contributed by atoms with Crippen LogP contribution in [0.25, 0.3) is 0 Å². The van der Waals surface area contributed by atoms with Crippen molar-refractivity contribution in [3.63, 3.8) is 0 Å². The van der Waals surface area contributed by atoms with Gasteiger partial charge in [-0.3, -0.25) is 0 Å². The van der Waals surface area contributed by atoms with Crippen LogP contribution in [0.4, 0.5) is 4.79 Å². The number of amides is 2. The van der Waals surface area contributed by atoms with Gasteiger partial charge in [-0.05, 0) is 12.5 Å². The first kappa shape index (κ1) is 9.58. The predicted octanol–water partition coefficient (Wildman–Crippen LogP) is 1.91. The maximum Gasteiger partial charge on any atom is 0.336 e. The highest BCUT2D eigenvalue weighted by Gasteiger charge is 2.07. The second kappa shape index (κ2) is 4.50. The molecule has 1 rings (SSSR count). The Hall–Kier alpha value is -1.51. The summed E-state index contributed by atoms with van der Waals surface area (Å²) in [6.07, 6.45) is 0. The maximum absolute atomic E-state index is 10.8. The first-order chi connectivity index (χ1) is 6.24. The molecule has 1 aromatic rings. The Morgan fingerprint density at radius 3 is 2.46 bits per heavy atom. The van der Waals surface area contributed by atoms with Crippen molar-refractivity contribution in [2.24, 2.45) is 0 Å². The molecule has 3 nitrogen and oxygen atoms in total. The zero-order valence-electron chi connectivity index (χ0n) is 7.66. The molecule has 0 saturated carbocycles. The van der Waals surface area contributed by atoms with E-state index in [2.05, 4.69) is 0 Å². The van der Waals surface area contributed by atoms with Crippen LogP contribution in [-0.2, 0) is 6.54 Å². The SMILES string of the molecule is CCN(Cc1ccccc1)C([NH])=O. The molecule has 2 amide bonds. The molecular weight excluding hydrogens is 164 g/mol. The van der Waals surface area contributed by atoms with Crippen LogP contribution < -0.4 is 5.73 Å². The maximum atomic E-state index is 10.8. The van der Waals surface area contributed by atoms with Crippen molar-refractivity contribution < 1.29 is 4.79 Å². The van der Waals surface area contributed by atoms with E-state index >= 15 is 0 Å². The van der Waals surface area contributed by atoms with Crippen molar-refractivity contribution in [1.82, 2.24) is 10.6 Å². The smallest absolute Gasteiger partial charge is 0.319 e. The van der Waals surface area contributed by atoms with E-state index in [1.54, 1.807) is 0 Å². The Bertz CT molecular complexity index is 272. The fourth-order valence-corrected chi connectivity index (χ4v) is 1.13. The summed E-state index contributed by atoms with van der Waals surface area (Å²) in [6, 6.07) is 9.07. The topological polar surface area (TPSA) is 44.1 Å². The lowest BCUT2D eigenvalue weighted by Gasteiger charge is -2.17. The first-order valence-electron chi connectivity index (χ1n) is 4.28. The highest BCUT2D eigenvalue weighted by Crippen LogP contribution is 2.03. The third-order valence-corrected chi connectivity index (χ3v) is 1.89. The summed E-state index contributed by atoms with van der Waals surface area (Å²) in [5.74, 6) is 0. The molecule has 1 radical (unpaired) electrons. The van der Waals surface area contributed by atoms with Crippen LogP contribution in [0.15, 0.2) is 30.3 Å². The Balaban J connectivity index is 2.62. The number of carbonyl (C=O) groups excluding carboxylic acids is 1. The Morgan fingerprint density at radius 1 is 1.38 bits per heavy atom. The average Bonchev–Trinajstić information content (AvgIpc) is 2.15. The molecule has 13 heavy (non-hydrogen) atoms. The minimum atomic E-state index is -0.619. The third-order valence-electron chi connectivity index (χ3n) is 1.89. The summed E-state index contributed by atoms with van der Waals surface area (Å²) >= 11 is 0. The van der Waals surface area contributed by atoms with E-state index in [9.17, 15) is 4.79 Å². The minimum absolute atomic E-state index is 0.527. The molecule has 0 unspecified atom stereocenters. The summed E-state index contributed by atoms with van der Waals surface area (Å²) < 4.78 is 0. The highest BCUT2D eigenvalue weighted by atomic mass is 16.2. The molecule has 0 aromatic heterocycles. The third kappa shape index (κ3) is 2.78. The minimum Gasteiger partial charge on any atom is -0.319 e. The normalized spacial score (nSPS) is 9.62. The number of rotatable bonds is 3. The molecule has 0 spiro atoms. The molecule has 0 saturated heterocycles. The number of benzene rings is 1. The van der Waals surface area contributed by atoms with Crippen molar-refractivity contribution in [2.75, 3.05) is 6.54 Å². The van der Waals surface area contributed by atoms with E-state index in [4.69, 9.17) is 5.73 Å². The number of nitrogens with zero attached hydrogens (tertiary/aromatic N) is 1. The molecule has 3 heteroatoms. The van der Waals surface area contributed by atoms with E-state index in [1.807, 2.05) is 37.3 Å². The molecule has 0 aliphatic heterocycles. The van der Waals surface area contributed by atoms with Gasteiger partial charge in [0.1, 0.15) is 0 Å². The van der Waals surface area contributed by atoms with Gasteiger partial charge in [0, 0.05) is 13.1 Å². The number of urea groups is 1. The largest absolute Gasteiger partial charge is 0.336 e. The molecule has 1 aromatic carbocycles. The zero-order chi connectivity index (χ0) is 9.68. The van der Waals surface area contributed by atoms with Gasteiger partial charge in [-0.1, -0.05) is 30.3 Å². The van der Waals surface area contributed by atoms with E-state index in [0.717, 1.165) is 5.56 Å². The summed E-state index contributed by atoms with van der Waals surface area (Å²) in [5, 5.41) is 0. The summed E-state index contributed by atoms with van der Waals surface area (Å²) in [6.45, 7) is 2.98. The van der Waals surface area contributed by atoms with Gasteiger partial charge in [0.2, 0.25) is 0 Å². The van der Waals surface area contributed by atoms with Crippen LogP contribution in [0.1, 0.15) is 12.5 Å². The fourth-order valence-electron chi connectivity index (χ4n) is 1.13. The van der Waals surface area contributed by atoms with Gasteiger partial charge in [0.25, 0.3) is 0 Å². The van der Waals surface area contributed by atoms with E-state index in [-0.39, 0.29) is 0 Å². The fraction of sp³-hybridized carbons (Fsp3) is 0.300. The summed E-state index contributed by atoms with van der Waals surface area (Å²) in [7, 11) is 0. The van der Waals surface area contributed by atoms with E-state index in [1.165, 1.54) is 4.90 Å². The quantitative estimate of drug-likeness (QED) is 0.695. The second-order valence-corrected chi connectivity index (χ2v) is 2.80. The van der Waals surface area contributed by atoms with E-state index < -0.39 is 6.03 Å². The van der Waals surface area contributed by atoms with Crippen molar-refractivity contribution in [3.8, 4) is 0 Å². The highest BCUT2D eigenvalue weighted by molar-refractivity contribution is 5.71. The zero-order valence-corrected chi connectivity index (χ0v) is 7.66. The molecule has 0 atom stereocenters. The van der Waals surface area contributed by atoms with E-state index in [0.29, 0.717) is 13.1 Å². The Kier molecular flexibility index (Phi) is 3.31. The number of hydrogen-bond donors (Lipinski definition) is 0. The van der Waals surface area contributed by atoms with Crippen LogP contribution in [-0.4, -0.2) is 17.5 Å². The van der Waals surface area contributed by atoms with Crippen LogP contribution in [0.5, 0.6) is 0 Å². The summed E-state index contributed by atoms with van der Waals surface area (Å²) in [5.41, 5.74) is 8.03. The van der Waals surface area contributed by atoms with Gasteiger partial charge < -0.3 is 4.90 Å². The van der Waals surface area contributed by atoms with Crippen molar-refractivity contribution in [1.29, 1.82) is 0 Å². The number of carbonyl (C=O) groups is 1. The Morgan fingerprint density at radius 2 is 2.00 bits per heavy atom. The average molecular weight is 177 g/mol. The monoisotopic (exact) mass is 177 g/mol. The second-order valence-electron chi connectivity index (χ2n) is 2.80.